The number of hydrogen-bond acceptors (Lipinski definition) is 6. The Labute approximate surface area is 176 Å². The Morgan fingerprint density at radius 3 is 2.67 bits per heavy atom. The molecule has 7 nitrogen and oxygen atoms in total. The van der Waals surface area contributed by atoms with Crippen LogP contribution < -0.4 is 4.74 Å². The van der Waals surface area contributed by atoms with Crippen molar-refractivity contribution >= 4 is 5.65 Å². The topological polar surface area (TPSA) is 72.1 Å². The zero-order chi connectivity index (χ0) is 20.3. The summed E-state index contributed by atoms with van der Waals surface area (Å²) in [4.78, 5) is 6.98. The Balaban J connectivity index is 1.42. The molecule has 0 amide bonds. The van der Waals surface area contributed by atoms with Crippen molar-refractivity contribution in [2.24, 2.45) is 0 Å². The van der Waals surface area contributed by atoms with E-state index in [2.05, 4.69) is 34.1 Å². The van der Waals surface area contributed by atoms with Gasteiger partial charge >= 0.3 is 0 Å². The lowest BCUT2D eigenvalue weighted by Gasteiger charge is -2.27. The van der Waals surface area contributed by atoms with E-state index in [-0.39, 0.29) is 12.2 Å². The van der Waals surface area contributed by atoms with Crippen LogP contribution in [0.15, 0.2) is 42.6 Å². The van der Waals surface area contributed by atoms with E-state index < -0.39 is 0 Å². The van der Waals surface area contributed by atoms with Crippen LogP contribution in [-0.4, -0.2) is 63.1 Å². The standard InChI is InChI=1S/C23H28N4O3/c28-18-5-7-19(8-6-18)30-23-10-9-22-24-15-21(27(22)25-23)20-4-2-1-3-17(20)16-26-11-13-29-14-12-26/h1-4,9-10,15,18-19,28H,5-8,11-14,16H2. The van der Waals surface area contributed by atoms with Gasteiger partial charge in [0.2, 0.25) is 5.88 Å². The fourth-order valence-electron chi connectivity index (χ4n) is 4.35. The molecular formula is C23H28N4O3. The molecule has 3 aromatic rings. The molecule has 7 heteroatoms. The predicted octanol–water partition coefficient (Wildman–Crippen LogP) is 2.91. The van der Waals surface area contributed by atoms with E-state index in [0.717, 1.165) is 75.4 Å². The number of morpholine rings is 1. The molecule has 0 bridgehead atoms. The van der Waals surface area contributed by atoms with Gasteiger partial charge < -0.3 is 14.6 Å². The van der Waals surface area contributed by atoms with Gasteiger partial charge in [-0.2, -0.15) is 0 Å². The van der Waals surface area contributed by atoms with E-state index in [4.69, 9.17) is 14.6 Å². The summed E-state index contributed by atoms with van der Waals surface area (Å²) < 4.78 is 13.5. The van der Waals surface area contributed by atoms with Gasteiger partial charge in [-0.3, -0.25) is 4.90 Å². The predicted molar refractivity (Wildman–Crippen MR) is 113 cm³/mol. The molecule has 158 valence electrons. The maximum atomic E-state index is 9.72. The third-order valence-electron chi connectivity index (χ3n) is 6.06. The van der Waals surface area contributed by atoms with E-state index in [0.29, 0.717) is 5.88 Å². The van der Waals surface area contributed by atoms with Gasteiger partial charge in [0.25, 0.3) is 0 Å². The van der Waals surface area contributed by atoms with Crippen LogP contribution in [0.2, 0.25) is 0 Å². The molecule has 0 radical (unpaired) electrons. The molecule has 1 N–H and O–H groups in total. The summed E-state index contributed by atoms with van der Waals surface area (Å²) in [5.41, 5.74) is 4.17. The van der Waals surface area contributed by atoms with E-state index >= 15 is 0 Å². The molecule has 2 fully saturated rings. The van der Waals surface area contributed by atoms with Gasteiger partial charge in [-0.25, -0.2) is 9.50 Å². The van der Waals surface area contributed by atoms with E-state index in [1.165, 1.54) is 5.56 Å². The number of aliphatic hydroxyl groups is 1. The maximum Gasteiger partial charge on any atom is 0.232 e. The molecule has 0 spiro atoms. The fraction of sp³-hybridized carbons (Fsp3) is 0.478. The molecule has 5 rings (SSSR count). The van der Waals surface area contributed by atoms with Crippen LogP contribution in [0.3, 0.4) is 0 Å². The first kappa shape index (κ1) is 19.5. The van der Waals surface area contributed by atoms with Gasteiger partial charge in [0.1, 0.15) is 6.10 Å². The zero-order valence-corrected chi connectivity index (χ0v) is 17.1. The summed E-state index contributed by atoms with van der Waals surface area (Å²) >= 11 is 0. The number of hydrogen-bond donors (Lipinski definition) is 1. The van der Waals surface area contributed by atoms with Crippen molar-refractivity contribution in [3.63, 3.8) is 0 Å². The van der Waals surface area contributed by atoms with Gasteiger partial charge in [-0.1, -0.05) is 24.3 Å². The number of imidazole rings is 1. The first-order valence-electron chi connectivity index (χ1n) is 10.8. The Bertz CT molecular complexity index is 991. The third-order valence-corrected chi connectivity index (χ3v) is 6.06. The largest absolute Gasteiger partial charge is 0.473 e. The van der Waals surface area contributed by atoms with Crippen molar-refractivity contribution in [2.75, 3.05) is 26.3 Å². The van der Waals surface area contributed by atoms with E-state index in [9.17, 15) is 5.11 Å². The van der Waals surface area contributed by atoms with Crippen molar-refractivity contribution in [1.82, 2.24) is 19.5 Å². The zero-order valence-electron chi connectivity index (χ0n) is 17.1. The van der Waals surface area contributed by atoms with Crippen molar-refractivity contribution in [2.45, 2.75) is 44.4 Å². The van der Waals surface area contributed by atoms with Crippen LogP contribution in [0.1, 0.15) is 31.2 Å². The molecule has 1 saturated heterocycles. The number of aliphatic hydroxyl groups excluding tert-OH is 1. The first-order valence-corrected chi connectivity index (χ1v) is 10.8. The SMILES string of the molecule is OC1CCC(Oc2ccc3ncc(-c4ccccc4CN4CCOCC4)n3n2)CC1. The Morgan fingerprint density at radius 2 is 1.83 bits per heavy atom. The molecule has 1 aromatic carbocycles. The minimum atomic E-state index is -0.191. The molecule has 0 unspecified atom stereocenters. The molecule has 2 aliphatic rings. The lowest BCUT2D eigenvalue weighted by atomic mass is 9.95. The third kappa shape index (κ3) is 4.19. The summed E-state index contributed by atoms with van der Waals surface area (Å²) in [6.07, 6.45) is 5.11. The fourth-order valence-corrected chi connectivity index (χ4v) is 4.35. The second kappa shape index (κ2) is 8.71. The van der Waals surface area contributed by atoms with Crippen LogP contribution in [0.25, 0.3) is 16.9 Å². The van der Waals surface area contributed by atoms with Crippen LogP contribution in [-0.2, 0) is 11.3 Å². The quantitative estimate of drug-likeness (QED) is 0.700. The highest BCUT2D eigenvalue weighted by molar-refractivity contribution is 5.66. The Hall–Kier alpha value is -2.48. The van der Waals surface area contributed by atoms with Crippen molar-refractivity contribution in [3.8, 4) is 17.1 Å². The molecule has 2 aromatic heterocycles. The van der Waals surface area contributed by atoms with Crippen LogP contribution >= 0.6 is 0 Å². The van der Waals surface area contributed by atoms with Crippen LogP contribution in [0, 0.1) is 0 Å². The van der Waals surface area contributed by atoms with Gasteiger partial charge in [0.05, 0.1) is 31.2 Å². The number of ether oxygens (including phenoxy) is 2. The average molecular weight is 409 g/mol. The first-order chi connectivity index (χ1) is 14.8. The Kier molecular flexibility index (Phi) is 5.66. The number of rotatable bonds is 5. The normalized spacial score (nSPS) is 23.0. The van der Waals surface area contributed by atoms with Gasteiger partial charge in [-0.05, 0) is 37.3 Å². The molecular weight excluding hydrogens is 380 g/mol. The average Bonchev–Trinajstić information content (AvgIpc) is 3.20. The lowest BCUT2D eigenvalue weighted by molar-refractivity contribution is 0.0342. The maximum absolute atomic E-state index is 9.72. The summed E-state index contributed by atoms with van der Waals surface area (Å²) in [6.45, 7) is 4.37. The molecule has 1 saturated carbocycles. The Morgan fingerprint density at radius 1 is 1.03 bits per heavy atom. The van der Waals surface area contributed by atoms with Crippen LogP contribution in [0.4, 0.5) is 0 Å². The highest BCUT2D eigenvalue weighted by Crippen LogP contribution is 2.27. The van der Waals surface area contributed by atoms with Gasteiger partial charge in [0, 0.05) is 31.3 Å². The second-order valence-corrected chi connectivity index (χ2v) is 8.18. The highest BCUT2D eigenvalue weighted by Gasteiger charge is 2.22. The number of benzene rings is 1. The summed E-state index contributed by atoms with van der Waals surface area (Å²) in [5, 5.41) is 14.5. The minimum Gasteiger partial charge on any atom is -0.473 e. The van der Waals surface area contributed by atoms with Crippen LogP contribution in [0.5, 0.6) is 5.88 Å². The molecule has 1 aliphatic heterocycles. The summed E-state index contributed by atoms with van der Waals surface area (Å²) in [6, 6.07) is 12.3. The van der Waals surface area contributed by atoms with Gasteiger partial charge in [-0.15, -0.1) is 5.10 Å². The van der Waals surface area contributed by atoms with E-state index in [1.807, 2.05) is 22.8 Å². The molecule has 1 aliphatic carbocycles. The monoisotopic (exact) mass is 408 g/mol. The van der Waals surface area contributed by atoms with Gasteiger partial charge in [0.15, 0.2) is 5.65 Å². The minimum absolute atomic E-state index is 0.110. The molecule has 0 atom stereocenters. The number of fused-ring (bicyclic) bond motifs is 1. The lowest BCUT2D eigenvalue weighted by Crippen LogP contribution is -2.35. The second-order valence-electron chi connectivity index (χ2n) is 8.18. The molecule has 30 heavy (non-hydrogen) atoms. The number of nitrogens with zero attached hydrogens (tertiary/aromatic N) is 4. The smallest absolute Gasteiger partial charge is 0.232 e. The number of aromatic nitrogens is 3. The van der Waals surface area contributed by atoms with Crippen molar-refractivity contribution < 1.29 is 14.6 Å². The summed E-state index contributed by atoms with van der Waals surface area (Å²) in [7, 11) is 0. The highest BCUT2D eigenvalue weighted by atomic mass is 16.5. The van der Waals surface area contributed by atoms with E-state index in [1.54, 1.807) is 0 Å². The summed E-state index contributed by atoms with van der Waals surface area (Å²) in [5.74, 6) is 0.605. The molecule has 3 heterocycles. The van der Waals surface area contributed by atoms with Crippen molar-refractivity contribution in [1.29, 1.82) is 0 Å². The van der Waals surface area contributed by atoms with Crippen molar-refractivity contribution in [3.05, 3.63) is 48.2 Å².